The monoisotopic (exact) mass is 273 g/mol. The Balaban J connectivity index is 1.99. The van der Waals surface area contributed by atoms with Gasteiger partial charge in [0.05, 0.1) is 11.7 Å². The normalized spacial score (nSPS) is 36.2. The minimum absolute atomic E-state index is 0.0602. The zero-order chi connectivity index (χ0) is 13.2. The second-order valence-corrected chi connectivity index (χ2v) is 7.33. The molecule has 0 radical (unpaired) electrons. The van der Waals surface area contributed by atoms with Crippen LogP contribution in [0.25, 0.3) is 0 Å². The van der Waals surface area contributed by atoms with Crippen LogP contribution in [0.15, 0.2) is 0 Å². The van der Waals surface area contributed by atoms with Crippen LogP contribution >= 0.6 is 11.8 Å². The predicted molar refractivity (Wildman–Crippen MR) is 76.7 cm³/mol. The average Bonchev–Trinajstić information content (AvgIpc) is 2.77. The van der Waals surface area contributed by atoms with Crippen molar-refractivity contribution in [3.63, 3.8) is 0 Å². The van der Waals surface area contributed by atoms with Crippen molar-refractivity contribution in [1.29, 1.82) is 0 Å². The Morgan fingerprint density at radius 1 is 1.50 bits per heavy atom. The molecule has 3 N–H and O–H groups in total. The summed E-state index contributed by atoms with van der Waals surface area (Å²) >= 11 is 1.98. The largest absolute Gasteiger partial charge is 0.392 e. The molecule has 0 aliphatic carbocycles. The highest BCUT2D eigenvalue weighted by Crippen LogP contribution is 2.42. The van der Waals surface area contributed by atoms with Crippen LogP contribution in [-0.4, -0.2) is 41.5 Å². The van der Waals surface area contributed by atoms with Crippen molar-refractivity contribution in [2.75, 3.05) is 24.7 Å². The molecule has 18 heavy (non-hydrogen) atoms. The van der Waals surface area contributed by atoms with Crippen molar-refractivity contribution in [3.8, 4) is 0 Å². The molecule has 2 saturated heterocycles. The first kappa shape index (κ1) is 14.6. The molecule has 2 rings (SSSR count). The van der Waals surface area contributed by atoms with E-state index in [0.717, 1.165) is 31.6 Å². The van der Waals surface area contributed by atoms with Gasteiger partial charge in [-0.1, -0.05) is 13.8 Å². The number of rotatable bonds is 4. The molecule has 3 nitrogen and oxygen atoms in total. The van der Waals surface area contributed by atoms with E-state index >= 15 is 0 Å². The van der Waals surface area contributed by atoms with Gasteiger partial charge in [-0.2, -0.15) is 11.8 Å². The molecule has 0 saturated carbocycles. The van der Waals surface area contributed by atoms with Crippen molar-refractivity contribution < 1.29 is 9.84 Å². The smallest absolute Gasteiger partial charge is 0.0783 e. The molecule has 4 heteroatoms. The SMILES string of the molecule is CC(C)C(CN)C(O)C1CCOC2(CCSC2)C1. The van der Waals surface area contributed by atoms with Crippen LogP contribution in [0, 0.1) is 17.8 Å². The zero-order valence-corrected chi connectivity index (χ0v) is 12.4. The second kappa shape index (κ2) is 6.12. The third-order valence-corrected chi connectivity index (χ3v) is 5.87. The molecule has 2 fully saturated rings. The number of thioether (sulfide) groups is 1. The van der Waals surface area contributed by atoms with E-state index in [1.165, 1.54) is 5.75 Å². The third kappa shape index (κ3) is 3.03. The first-order valence-electron chi connectivity index (χ1n) is 7.18. The summed E-state index contributed by atoms with van der Waals surface area (Å²) in [5.41, 5.74) is 5.89. The number of nitrogens with two attached hydrogens (primary N) is 1. The zero-order valence-electron chi connectivity index (χ0n) is 11.6. The first-order valence-corrected chi connectivity index (χ1v) is 8.33. The standard InChI is InChI=1S/C14H27NO2S/c1-10(2)12(8-15)13(16)11-3-5-17-14(7-11)4-6-18-9-14/h10-13,16H,3-9,15H2,1-2H3. The lowest BCUT2D eigenvalue weighted by molar-refractivity contribution is -0.111. The lowest BCUT2D eigenvalue weighted by Crippen LogP contribution is -2.46. The minimum Gasteiger partial charge on any atom is -0.392 e. The highest BCUT2D eigenvalue weighted by molar-refractivity contribution is 7.99. The van der Waals surface area contributed by atoms with Gasteiger partial charge in [-0.25, -0.2) is 0 Å². The van der Waals surface area contributed by atoms with E-state index in [2.05, 4.69) is 13.8 Å². The summed E-state index contributed by atoms with van der Waals surface area (Å²) in [5.74, 6) is 3.34. The summed E-state index contributed by atoms with van der Waals surface area (Å²) in [5, 5.41) is 10.6. The molecule has 0 bridgehead atoms. The molecule has 2 aliphatic heterocycles. The van der Waals surface area contributed by atoms with Crippen LogP contribution < -0.4 is 5.73 Å². The number of ether oxygens (including phenoxy) is 1. The van der Waals surface area contributed by atoms with Gasteiger partial charge in [-0.3, -0.25) is 0 Å². The van der Waals surface area contributed by atoms with Crippen LogP contribution in [0.3, 0.4) is 0 Å². The summed E-state index contributed by atoms with van der Waals surface area (Å²) in [6, 6.07) is 0. The Kier molecular flexibility index (Phi) is 4.98. The maximum Gasteiger partial charge on any atom is 0.0783 e. The highest BCUT2D eigenvalue weighted by Gasteiger charge is 2.43. The number of hydrogen-bond donors (Lipinski definition) is 2. The fourth-order valence-corrected chi connectivity index (χ4v) is 4.75. The van der Waals surface area contributed by atoms with Crippen LogP contribution in [-0.2, 0) is 4.74 Å². The molecular weight excluding hydrogens is 246 g/mol. The van der Waals surface area contributed by atoms with Gasteiger partial charge in [-0.15, -0.1) is 0 Å². The quantitative estimate of drug-likeness (QED) is 0.821. The summed E-state index contributed by atoms with van der Waals surface area (Å²) in [4.78, 5) is 0. The Hall–Kier alpha value is 0.230. The van der Waals surface area contributed by atoms with E-state index in [4.69, 9.17) is 10.5 Å². The van der Waals surface area contributed by atoms with Gasteiger partial charge >= 0.3 is 0 Å². The van der Waals surface area contributed by atoms with Gasteiger partial charge in [0, 0.05) is 12.4 Å². The molecule has 0 aromatic rings. The maximum atomic E-state index is 10.6. The van der Waals surface area contributed by atoms with Crippen LogP contribution in [0.2, 0.25) is 0 Å². The van der Waals surface area contributed by atoms with E-state index < -0.39 is 0 Å². The average molecular weight is 273 g/mol. The van der Waals surface area contributed by atoms with Gasteiger partial charge < -0.3 is 15.6 Å². The number of hydrogen-bond acceptors (Lipinski definition) is 4. The van der Waals surface area contributed by atoms with E-state index in [1.807, 2.05) is 11.8 Å². The van der Waals surface area contributed by atoms with Crippen molar-refractivity contribution in [3.05, 3.63) is 0 Å². The van der Waals surface area contributed by atoms with E-state index in [1.54, 1.807) is 0 Å². The molecule has 4 atom stereocenters. The van der Waals surface area contributed by atoms with E-state index in [9.17, 15) is 5.11 Å². The topological polar surface area (TPSA) is 55.5 Å². The summed E-state index contributed by atoms with van der Waals surface area (Å²) < 4.78 is 6.02. The van der Waals surface area contributed by atoms with E-state index in [-0.39, 0.29) is 17.6 Å². The van der Waals surface area contributed by atoms with Crippen LogP contribution in [0.4, 0.5) is 0 Å². The summed E-state index contributed by atoms with van der Waals surface area (Å²) in [7, 11) is 0. The molecule has 2 aliphatic rings. The molecule has 2 heterocycles. The van der Waals surface area contributed by atoms with Crippen molar-refractivity contribution in [2.45, 2.75) is 44.8 Å². The van der Waals surface area contributed by atoms with Crippen molar-refractivity contribution >= 4 is 11.8 Å². The summed E-state index contributed by atoms with van der Waals surface area (Å²) in [6.45, 7) is 5.69. The molecule has 0 aromatic heterocycles. The first-order chi connectivity index (χ1) is 8.58. The molecule has 0 amide bonds. The Morgan fingerprint density at radius 3 is 2.83 bits per heavy atom. The van der Waals surface area contributed by atoms with Gasteiger partial charge in [0.25, 0.3) is 0 Å². The summed E-state index contributed by atoms with van der Waals surface area (Å²) in [6.07, 6.45) is 2.89. The molecule has 4 unspecified atom stereocenters. The number of aliphatic hydroxyl groups is 1. The molecule has 106 valence electrons. The maximum absolute atomic E-state index is 10.6. The Morgan fingerprint density at radius 2 is 2.28 bits per heavy atom. The second-order valence-electron chi connectivity index (χ2n) is 6.22. The third-order valence-electron chi connectivity index (χ3n) is 4.65. The molecular formula is C14H27NO2S. The van der Waals surface area contributed by atoms with Crippen LogP contribution in [0.5, 0.6) is 0 Å². The van der Waals surface area contributed by atoms with Gasteiger partial charge in [0.15, 0.2) is 0 Å². The van der Waals surface area contributed by atoms with Gasteiger partial charge in [0.1, 0.15) is 0 Å². The number of aliphatic hydroxyl groups excluding tert-OH is 1. The van der Waals surface area contributed by atoms with Gasteiger partial charge in [0.2, 0.25) is 0 Å². The van der Waals surface area contributed by atoms with E-state index in [0.29, 0.717) is 18.4 Å². The molecule has 1 spiro atoms. The lowest BCUT2D eigenvalue weighted by atomic mass is 9.76. The predicted octanol–water partition coefficient (Wildman–Crippen LogP) is 1.88. The lowest BCUT2D eigenvalue weighted by Gasteiger charge is -2.42. The fourth-order valence-electron chi connectivity index (χ4n) is 3.38. The van der Waals surface area contributed by atoms with Crippen molar-refractivity contribution in [2.24, 2.45) is 23.5 Å². The Labute approximate surface area is 115 Å². The fraction of sp³-hybridized carbons (Fsp3) is 1.00. The minimum atomic E-state index is -0.263. The Bertz CT molecular complexity index is 267. The van der Waals surface area contributed by atoms with Crippen LogP contribution in [0.1, 0.15) is 33.1 Å². The van der Waals surface area contributed by atoms with Crippen molar-refractivity contribution in [1.82, 2.24) is 0 Å². The van der Waals surface area contributed by atoms with Gasteiger partial charge in [-0.05, 0) is 49.3 Å². The highest BCUT2D eigenvalue weighted by atomic mass is 32.2. The molecule has 0 aromatic carbocycles.